The third-order valence-electron chi connectivity index (χ3n) is 4.83. The van der Waals surface area contributed by atoms with E-state index >= 15 is 0 Å². The lowest BCUT2D eigenvalue weighted by Gasteiger charge is -2.28. The van der Waals surface area contributed by atoms with E-state index in [1.165, 1.54) is 12.8 Å². The lowest BCUT2D eigenvalue weighted by molar-refractivity contribution is -0.126. The Balaban J connectivity index is 1.41. The van der Waals surface area contributed by atoms with Crippen LogP contribution >= 0.6 is 0 Å². The Morgan fingerprint density at radius 3 is 2.91 bits per heavy atom. The molecule has 3 rings (SSSR count). The van der Waals surface area contributed by atoms with Gasteiger partial charge in [0.25, 0.3) is 0 Å². The largest absolute Gasteiger partial charge is 0.355 e. The molecule has 1 amide bonds. The van der Waals surface area contributed by atoms with Crippen molar-refractivity contribution >= 4 is 5.91 Å². The van der Waals surface area contributed by atoms with E-state index in [1.54, 1.807) is 0 Å². The number of nitrogens with one attached hydrogen (secondary N) is 1. The minimum absolute atomic E-state index is 0.123. The van der Waals surface area contributed by atoms with Crippen molar-refractivity contribution in [2.24, 2.45) is 5.92 Å². The highest BCUT2D eigenvalue weighted by Crippen LogP contribution is 2.32. The molecule has 22 heavy (non-hydrogen) atoms. The highest BCUT2D eigenvalue weighted by molar-refractivity contribution is 5.78. The van der Waals surface area contributed by atoms with Gasteiger partial charge in [-0.2, -0.15) is 4.98 Å². The van der Waals surface area contributed by atoms with E-state index in [4.69, 9.17) is 4.52 Å². The molecule has 1 aliphatic heterocycles. The van der Waals surface area contributed by atoms with Crippen LogP contribution in [0.4, 0.5) is 0 Å². The van der Waals surface area contributed by atoms with Crippen molar-refractivity contribution in [3.8, 4) is 0 Å². The molecule has 2 aliphatic rings. The molecule has 1 saturated carbocycles. The van der Waals surface area contributed by atoms with E-state index in [0.717, 1.165) is 44.7 Å². The SMILES string of the molecule is CN1CCC[C@H](C(=O)NCCc2noc(C3CCCC3)n2)C1. The number of carbonyl (C=O) groups is 1. The Labute approximate surface area is 131 Å². The third-order valence-corrected chi connectivity index (χ3v) is 4.83. The fourth-order valence-corrected chi connectivity index (χ4v) is 3.53. The standard InChI is InChI=1S/C16H26N4O2/c1-20-10-4-7-13(11-20)15(21)17-9-8-14-18-16(22-19-14)12-5-2-3-6-12/h12-13H,2-11H2,1H3,(H,17,21)/t13-/m0/s1. The first-order valence-corrected chi connectivity index (χ1v) is 8.51. The summed E-state index contributed by atoms with van der Waals surface area (Å²) in [6.07, 6.45) is 7.57. The van der Waals surface area contributed by atoms with Gasteiger partial charge < -0.3 is 14.7 Å². The van der Waals surface area contributed by atoms with Gasteiger partial charge in [-0.1, -0.05) is 18.0 Å². The molecule has 1 atom stereocenters. The summed E-state index contributed by atoms with van der Waals surface area (Å²) in [6, 6.07) is 0. The average Bonchev–Trinajstić information content (AvgIpc) is 3.18. The number of nitrogens with zero attached hydrogens (tertiary/aromatic N) is 3. The smallest absolute Gasteiger partial charge is 0.229 e. The summed E-state index contributed by atoms with van der Waals surface area (Å²) in [4.78, 5) is 18.8. The van der Waals surface area contributed by atoms with Crippen molar-refractivity contribution in [3.63, 3.8) is 0 Å². The molecule has 1 aliphatic carbocycles. The summed E-state index contributed by atoms with van der Waals surface area (Å²) in [5.41, 5.74) is 0. The number of piperidine rings is 1. The minimum Gasteiger partial charge on any atom is -0.355 e. The van der Waals surface area contributed by atoms with Gasteiger partial charge in [-0.25, -0.2) is 0 Å². The van der Waals surface area contributed by atoms with Gasteiger partial charge in [0.1, 0.15) is 0 Å². The van der Waals surface area contributed by atoms with Crippen LogP contribution < -0.4 is 5.32 Å². The highest BCUT2D eigenvalue weighted by Gasteiger charge is 2.24. The molecular weight excluding hydrogens is 280 g/mol. The summed E-state index contributed by atoms with van der Waals surface area (Å²) < 4.78 is 5.36. The summed E-state index contributed by atoms with van der Waals surface area (Å²) in [7, 11) is 2.07. The van der Waals surface area contributed by atoms with E-state index in [9.17, 15) is 4.79 Å². The van der Waals surface area contributed by atoms with Crippen LogP contribution in [0.2, 0.25) is 0 Å². The van der Waals surface area contributed by atoms with Crippen molar-refractivity contribution in [3.05, 3.63) is 11.7 Å². The fourth-order valence-electron chi connectivity index (χ4n) is 3.53. The highest BCUT2D eigenvalue weighted by atomic mass is 16.5. The van der Waals surface area contributed by atoms with E-state index in [1.807, 2.05) is 0 Å². The van der Waals surface area contributed by atoms with Crippen LogP contribution in [0.3, 0.4) is 0 Å². The van der Waals surface area contributed by atoms with E-state index in [0.29, 0.717) is 24.7 Å². The zero-order chi connectivity index (χ0) is 15.4. The van der Waals surface area contributed by atoms with Crippen LogP contribution in [0, 0.1) is 5.92 Å². The van der Waals surface area contributed by atoms with Crippen molar-refractivity contribution in [2.45, 2.75) is 50.9 Å². The maximum absolute atomic E-state index is 12.1. The molecule has 0 radical (unpaired) electrons. The normalized spacial score (nSPS) is 23.8. The lowest BCUT2D eigenvalue weighted by atomic mass is 9.97. The van der Waals surface area contributed by atoms with Gasteiger partial charge in [0, 0.05) is 25.4 Å². The van der Waals surface area contributed by atoms with Crippen molar-refractivity contribution in [1.29, 1.82) is 0 Å². The van der Waals surface area contributed by atoms with Gasteiger partial charge in [-0.15, -0.1) is 0 Å². The molecule has 0 spiro atoms. The fraction of sp³-hybridized carbons (Fsp3) is 0.812. The summed E-state index contributed by atoms with van der Waals surface area (Å²) in [5.74, 6) is 2.23. The molecule has 6 nitrogen and oxygen atoms in total. The second-order valence-electron chi connectivity index (χ2n) is 6.67. The second-order valence-corrected chi connectivity index (χ2v) is 6.67. The molecule has 1 saturated heterocycles. The van der Waals surface area contributed by atoms with E-state index in [2.05, 4.69) is 27.4 Å². The number of likely N-dealkylation sites (tertiary alicyclic amines) is 1. The van der Waals surface area contributed by atoms with E-state index in [-0.39, 0.29) is 11.8 Å². The molecular formula is C16H26N4O2. The topological polar surface area (TPSA) is 71.3 Å². The van der Waals surface area contributed by atoms with Crippen molar-refractivity contribution in [2.75, 3.05) is 26.7 Å². The Morgan fingerprint density at radius 1 is 1.32 bits per heavy atom. The Hall–Kier alpha value is -1.43. The predicted molar refractivity (Wildman–Crippen MR) is 82.4 cm³/mol. The zero-order valence-electron chi connectivity index (χ0n) is 13.4. The van der Waals surface area contributed by atoms with Crippen LogP contribution in [0.25, 0.3) is 0 Å². The quantitative estimate of drug-likeness (QED) is 0.897. The number of aromatic nitrogens is 2. The van der Waals surface area contributed by atoms with E-state index < -0.39 is 0 Å². The van der Waals surface area contributed by atoms with Crippen LogP contribution in [0.1, 0.15) is 56.2 Å². The molecule has 122 valence electrons. The van der Waals surface area contributed by atoms with Gasteiger partial charge in [-0.05, 0) is 39.3 Å². The second kappa shape index (κ2) is 7.22. The number of hydrogen-bond donors (Lipinski definition) is 1. The van der Waals surface area contributed by atoms with Crippen LogP contribution in [0.5, 0.6) is 0 Å². The summed E-state index contributed by atoms with van der Waals surface area (Å²) in [5, 5.41) is 7.05. The molecule has 2 fully saturated rings. The van der Waals surface area contributed by atoms with Gasteiger partial charge in [0.05, 0.1) is 5.92 Å². The van der Waals surface area contributed by atoms with Gasteiger partial charge in [0.15, 0.2) is 5.82 Å². The summed E-state index contributed by atoms with van der Waals surface area (Å²) >= 11 is 0. The number of rotatable bonds is 5. The number of carbonyl (C=O) groups excluding carboxylic acids is 1. The van der Waals surface area contributed by atoms with Crippen molar-refractivity contribution in [1.82, 2.24) is 20.4 Å². The average molecular weight is 306 g/mol. The van der Waals surface area contributed by atoms with Gasteiger partial charge >= 0.3 is 0 Å². The Morgan fingerprint density at radius 2 is 2.14 bits per heavy atom. The molecule has 2 heterocycles. The first-order chi connectivity index (χ1) is 10.7. The lowest BCUT2D eigenvalue weighted by Crippen LogP contribution is -2.41. The summed E-state index contributed by atoms with van der Waals surface area (Å²) in [6.45, 7) is 2.54. The molecule has 1 aromatic heterocycles. The van der Waals surface area contributed by atoms with Crippen LogP contribution in [-0.2, 0) is 11.2 Å². The molecule has 0 bridgehead atoms. The molecule has 6 heteroatoms. The van der Waals surface area contributed by atoms with Crippen molar-refractivity contribution < 1.29 is 9.32 Å². The van der Waals surface area contributed by atoms with Crippen LogP contribution in [-0.4, -0.2) is 47.6 Å². The van der Waals surface area contributed by atoms with Gasteiger partial charge in [0.2, 0.25) is 11.8 Å². The molecule has 0 unspecified atom stereocenters. The Bertz CT molecular complexity index is 496. The third kappa shape index (κ3) is 3.85. The molecule has 0 aromatic carbocycles. The number of amides is 1. The Kier molecular flexibility index (Phi) is 5.08. The van der Waals surface area contributed by atoms with Gasteiger partial charge in [-0.3, -0.25) is 4.79 Å². The monoisotopic (exact) mass is 306 g/mol. The van der Waals surface area contributed by atoms with Crippen LogP contribution in [0.15, 0.2) is 4.52 Å². The zero-order valence-corrected chi connectivity index (χ0v) is 13.4. The maximum Gasteiger partial charge on any atom is 0.229 e. The predicted octanol–water partition coefficient (Wildman–Crippen LogP) is 1.73. The number of hydrogen-bond acceptors (Lipinski definition) is 5. The first-order valence-electron chi connectivity index (χ1n) is 8.51. The molecule has 1 aromatic rings. The first kappa shape index (κ1) is 15.5. The molecule has 1 N–H and O–H groups in total. The minimum atomic E-state index is 0.123. The maximum atomic E-state index is 12.1.